The van der Waals surface area contributed by atoms with Gasteiger partial charge >= 0.3 is 0 Å². The number of hydrogen-bond donors (Lipinski definition) is 2. The van der Waals surface area contributed by atoms with Gasteiger partial charge in [0.15, 0.2) is 0 Å². The minimum atomic E-state index is -0.258. The number of aromatic nitrogens is 1. The van der Waals surface area contributed by atoms with Crippen LogP contribution in [-0.4, -0.2) is 25.0 Å². The number of carbonyl (C=O) groups excluding carboxylic acids is 1. The van der Waals surface area contributed by atoms with Gasteiger partial charge in [-0.25, -0.2) is 4.98 Å². The highest BCUT2D eigenvalue weighted by Crippen LogP contribution is 2.24. The number of nitrogens with zero attached hydrogens (tertiary/aromatic N) is 2. The molecule has 2 N–H and O–H groups in total. The van der Waals surface area contributed by atoms with Crippen molar-refractivity contribution >= 4 is 40.3 Å². The van der Waals surface area contributed by atoms with Crippen molar-refractivity contribution in [3.8, 4) is 0 Å². The van der Waals surface area contributed by atoms with Crippen LogP contribution in [0.3, 0.4) is 0 Å². The van der Waals surface area contributed by atoms with Crippen molar-refractivity contribution in [3.63, 3.8) is 0 Å². The molecule has 0 fully saturated rings. The zero-order chi connectivity index (χ0) is 18.5. The summed E-state index contributed by atoms with van der Waals surface area (Å²) < 4.78 is 0. The van der Waals surface area contributed by atoms with Crippen LogP contribution in [0.25, 0.3) is 0 Å². The molecule has 0 spiro atoms. The predicted octanol–water partition coefficient (Wildman–Crippen LogP) is 4.80. The number of amides is 1. The van der Waals surface area contributed by atoms with Crippen molar-refractivity contribution in [1.29, 1.82) is 0 Å². The standard InChI is InChI=1S/C20H19ClN4O/c1-25(2)16-10-7-14(8-11-16)24-20(26)19-12-9-15(13-22-19)23-18-6-4-3-5-17(18)21/h3-13,23H,1-2H3,(H,24,26). The number of hydrogen-bond acceptors (Lipinski definition) is 4. The van der Waals surface area contributed by atoms with E-state index in [1.807, 2.05) is 61.5 Å². The first kappa shape index (κ1) is 17.8. The average molecular weight is 367 g/mol. The number of benzene rings is 2. The van der Waals surface area contributed by atoms with Gasteiger partial charge < -0.3 is 15.5 Å². The molecular formula is C20H19ClN4O. The van der Waals surface area contributed by atoms with E-state index in [2.05, 4.69) is 15.6 Å². The third-order valence-corrected chi connectivity index (χ3v) is 4.12. The Morgan fingerprint density at radius 3 is 2.27 bits per heavy atom. The molecular weight excluding hydrogens is 348 g/mol. The third-order valence-electron chi connectivity index (χ3n) is 3.79. The molecule has 2 aromatic carbocycles. The van der Waals surface area contributed by atoms with Crippen molar-refractivity contribution in [1.82, 2.24) is 4.98 Å². The Bertz CT molecular complexity index is 892. The van der Waals surface area contributed by atoms with Crippen LogP contribution in [0.1, 0.15) is 10.5 Å². The quantitative estimate of drug-likeness (QED) is 0.681. The number of carbonyl (C=O) groups is 1. The number of halogens is 1. The second-order valence-electron chi connectivity index (χ2n) is 5.93. The molecule has 0 unspecified atom stereocenters. The molecule has 0 aliphatic rings. The highest BCUT2D eigenvalue weighted by atomic mass is 35.5. The summed E-state index contributed by atoms with van der Waals surface area (Å²) >= 11 is 6.13. The fourth-order valence-corrected chi connectivity index (χ4v) is 2.54. The summed E-state index contributed by atoms with van der Waals surface area (Å²) in [7, 11) is 3.94. The summed E-state index contributed by atoms with van der Waals surface area (Å²) in [6.07, 6.45) is 1.60. The Hall–Kier alpha value is -3.05. The second-order valence-corrected chi connectivity index (χ2v) is 6.34. The molecule has 3 rings (SSSR count). The zero-order valence-electron chi connectivity index (χ0n) is 14.5. The maximum absolute atomic E-state index is 12.3. The molecule has 0 aliphatic carbocycles. The highest BCUT2D eigenvalue weighted by molar-refractivity contribution is 6.33. The van der Waals surface area contributed by atoms with E-state index in [1.54, 1.807) is 24.4 Å². The summed E-state index contributed by atoms with van der Waals surface area (Å²) in [4.78, 5) is 18.5. The van der Waals surface area contributed by atoms with Gasteiger partial charge in [0.2, 0.25) is 0 Å². The second kappa shape index (κ2) is 7.89. The molecule has 5 nitrogen and oxygen atoms in total. The number of anilines is 4. The highest BCUT2D eigenvalue weighted by Gasteiger charge is 2.08. The molecule has 0 aliphatic heterocycles. The van der Waals surface area contributed by atoms with Gasteiger partial charge in [0.1, 0.15) is 5.69 Å². The van der Waals surface area contributed by atoms with Gasteiger partial charge in [-0.1, -0.05) is 23.7 Å². The number of rotatable bonds is 5. The van der Waals surface area contributed by atoms with Crippen LogP contribution in [0, 0.1) is 0 Å². The van der Waals surface area contributed by atoms with E-state index in [0.717, 1.165) is 22.7 Å². The molecule has 3 aromatic rings. The molecule has 0 atom stereocenters. The molecule has 26 heavy (non-hydrogen) atoms. The normalized spacial score (nSPS) is 10.3. The van der Waals surface area contributed by atoms with Crippen molar-refractivity contribution in [3.05, 3.63) is 77.6 Å². The van der Waals surface area contributed by atoms with Crippen LogP contribution in [0.5, 0.6) is 0 Å². The number of para-hydroxylation sites is 1. The van der Waals surface area contributed by atoms with E-state index in [1.165, 1.54) is 0 Å². The zero-order valence-corrected chi connectivity index (χ0v) is 15.3. The molecule has 1 aromatic heterocycles. The van der Waals surface area contributed by atoms with Crippen LogP contribution in [-0.2, 0) is 0 Å². The van der Waals surface area contributed by atoms with Gasteiger partial charge in [0, 0.05) is 25.5 Å². The van der Waals surface area contributed by atoms with Crippen molar-refractivity contribution in [2.75, 3.05) is 29.6 Å². The fourth-order valence-electron chi connectivity index (χ4n) is 2.36. The van der Waals surface area contributed by atoms with E-state index in [9.17, 15) is 4.79 Å². The summed E-state index contributed by atoms with van der Waals surface area (Å²) in [5.74, 6) is -0.258. The first-order valence-corrected chi connectivity index (χ1v) is 8.47. The van der Waals surface area contributed by atoms with Crippen molar-refractivity contribution in [2.45, 2.75) is 0 Å². The van der Waals surface area contributed by atoms with Crippen molar-refractivity contribution in [2.24, 2.45) is 0 Å². The lowest BCUT2D eigenvalue weighted by Crippen LogP contribution is -2.14. The van der Waals surface area contributed by atoms with E-state index >= 15 is 0 Å². The Labute approximate surface area is 157 Å². The number of nitrogens with one attached hydrogen (secondary N) is 2. The van der Waals surface area contributed by atoms with Gasteiger partial charge in [-0.05, 0) is 48.5 Å². The minimum Gasteiger partial charge on any atom is -0.378 e. The van der Waals surface area contributed by atoms with Crippen LogP contribution in [0.2, 0.25) is 5.02 Å². The lowest BCUT2D eigenvalue weighted by molar-refractivity contribution is 0.102. The Balaban J connectivity index is 1.66. The maximum Gasteiger partial charge on any atom is 0.274 e. The smallest absolute Gasteiger partial charge is 0.274 e. The molecule has 6 heteroatoms. The van der Waals surface area contributed by atoms with Crippen LogP contribution in [0.15, 0.2) is 66.9 Å². The largest absolute Gasteiger partial charge is 0.378 e. The first-order chi connectivity index (χ1) is 12.5. The van der Waals surface area contributed by atoms with E-state index in [4.69, 9.17) is 11.6 Å². The maximum atomic E-state index is 12.3. The van der Waals surface area contributed by atoms with Gasteiger partial charge in [0.25, 0.3) is 5.91 Å². The predicted molar refractivity (Wildman–Crippen MR) is 108 cm³/mol. The Morgan fingerprint density at radius 1 is 0.962 bits per heavy atom. The lowest BCUT2D eigenvalue weighted by atomic mass is 10.2. The Kier molecular flexibility index (Phi) is 5.39. The van der Waals surface area contributed by atoms with Gasteiger partial charge in [-0.15, -0.1) is 0 Å². The van der Waals surface area contributed by atoms with Crippen molar-refractivity contribution < 1.29 is 4.79 Å². The van der Waals surface area contributed by atoms with Gasteiger partial charge in [0.05, 0.1) is 22.6 Å². The summed E-state index contributed by atoms with van der Waals surface area (Å²) in [5, 5.41) is 6.64. The molecule has 0 saturated heterocycles. The lowest BCUT2D eigenvalue weighted by Gasteiger charge is -2.13. The number of pyridine rings is 1. The molecule has 0 saturated carbocycles. The summed E-state index contributed by atoms with van der Waals surface area (Å²) in [5.41, 5.74) is 3.67. The van der Waals surface area contributed by atoms with Gasteiger partial charge in [-0.3, -0.25) is 4.79 Å². The van der Waals surface area contributed by atoms with E-state index < -0.39 is 0 Å². The molecule has 1 heterocycles. The van der Waals surface area contributed by atoms with Crippen LogP contribution < -0.4 is 15.5 Å². The first-order valence-electron chi connectivity index (χ1n) is 8.09. The monoisotopic (exact) mass is 366 g/mol. The minimum absolute atomic E-state index is 0.258. The fraction of sp³-hybridized carbons (Fsp3) is 0.100. The molecule has 0 radical (unpaired) electrons. The van der Waals surface area contributed by atoms with E-state index in [-0.39, 0.29) is 5.91 Å². The van der Waals surface area contributed by atoms with E-state index in [0.29, 0.717) is 10.7 Å². The molecule has 1 amide bonds. The topological polar surface area (TPSA) is 57.3 Å². The molecule has 132 valence electrons. The third kappa shape index (κ3) is 4.32. The Morgan fingerprint density at radius 2 is 1.65 bits per heavy atom. The average Bonchev–Trinajstić information content (AvgIpc) is 2.64. The summed E-state index contributed by atoms with van der Waals surface area (Å²) in [6.45, 7) is 0. The SMILES string of the molecule is CN(C)c1ccc(NC(=O)c2ccc(Nc3ccccc3Cl)cn2)cc1. The van der Waals surface area contributed by atoms with Gasteiger partial charge in [-0.2, -0.15) is 0 Å². The molecule has 0 bridgehead atoms. The summed E-state index contributed by atoms with van der Waals surface area (Å²) in [6, 6.07) is 18.5. The van der Waals surface area contributed by atoms with Crippen LogP contribution in [0.4, 0.5) is 22.7 Å². The van der Waals surface area contributed by atoms with Crippen LogP contribution >= 0.6 is 11.6 Å².